The minimum absolute atomic E-state index is 0.785. The molecule has 0 heterocycles. The summed E-state index contributed by atoms with van der Waals surface area (Å²) in [6.45, 7) is 12.1. The lowest BCUT2D eigenvalue weighted by Gasteiger charge is -2.60. The molecule has 3 aliphatic carbocycles. The number of hydrogen-bond donors (Lipinski definition) is 1. The van der Waals surface area contributed by atoms with Gasteiger partial charge < -0.3 is 5.11 Å². The first-order valence-electron chi connectivity index (χ1n) is 8.50. The monoisotopic (exact) mass is 301 g/mol. The summed E-state index contributed by atoms with van der Waals surface area (Å²) in [5, 5.41) is 9.90. The molecule has 4 rings (SSSR count). The molecule has 2 nitrogen and oxygen atoms in total. The summed E-state index contributed by atoms with van der Waals surface area (Å²) in [6, 6.07) is 5.92. The van der Waals surface area contributed by atoms with Crippen molar-refractivity contribution in [3.8, 4) is 0 Å². The minimum Gasteiger partial charge on any atom is -0.386 e. The minimum atomic E-state index is -0.785. The quantitative estimate of drug-likeness (QED) is 0.731. The topological polar surface area (TPSA) is 32.6 Å². The van der Waals surface area contributed by atoms with Gasteiger partial charge in [-0.05, 0) is 81.9 Å². The van der Waals surface area contributed by atoms with Crippen molar-refractivity contribution in [1.29, 1.82) is 0 Å². The van der Waals surface area contributed by atoms with E-state index in [4.69, 9.17) is 0 Å². The molecule has 3 fully saturated rings. The number of rotatable bonds is 3. The number of benzene rings is 1. The number of aryl methyl sites for hydroxylation is 1. The van der Waals surface area contributed by atoms with Crippen LogP contribution in [0.2, 0.25) is 0 Å². The van der Waals surface area contributed by atoms with E-state index in [9.17, 15) is 5.11 Å². The molecule has 22 heavy (non-hydrogen) atoms. The largest absolute Gasteiger partial charge is 0.386 e. The van der Waals surface area contributed by atoms with E-state index in [-0.39, 0.29) is 0 Å². The van der Waals surface area contributed by atoms with Gasteiger partial charge in [-0.15, -0.1) is 0 Å². The van der Waals surface area contributed by atoms with Crippen molar-refractivity contribution in [2.45, 2.75) is 72.8 Å². The second-order valence-electron chi connectivity index (χ2n) is 8.05. The van der Waals surface area contributed by atoms with Crippen molar-refractivity contribution in [3.63, 3.8) is 0 Å². The highest BCUT2D eigenvalue weighted by atomic mass is 16.3. The number of hydrogen-bond acceptors (Lipinski definition) is 2. The van der Waals surface area contributed by atoms with Gasteiger partial charge in [-0.1, -0.05) is 26.0 Å². The smallest absolute Gasteiger partial charge is 0.0840 e. The summed E-state index contributed by atoms with van der Waals surface area (Å²) in [5.41, 5.74) is 4.23. The Hall–Kier alpha value is -1.15. The lowest BCUT2D eigenvalue weighted by Crippen LogP contribution is -2.48. The first-order valence-corrected chi connectivity index (χ1v) is 8.50. The summed E-state index contributed by atoms with van der Waals surface area (Å²) < 4.78 is 0. The van der Waals surface area contributed by atoms with E-state index in [1.54, 1.807) is 33.1 Å². The number of aliphatic hydroxyl groups is 1. The molecule has 2 heteroatoms. The van der Waals surface area contributed by atoms with Crippen LogP contribution >= 0.6 is 0 Å². The average Bonchev–Trinajstić information content (AvgIpc) is 2.36. The van der Waals surface area contributed by atoms with Crippen LogP contribution in [-0.2, 0) is 5.60 Å². The van der Waals surface area contributed by atoms with E-state index >= 15 is 0 Å². The second kappa shape index (κ2) is 6.16. The summed E-state index contributed by atoms with van der Waals surface area (Å²) in [4.78, 5) is 4.54. The molecule has 3 aliphatic rings. The van der Waals surface area contributed by atoms with Crippen molar-refractivity contribution >= 4 is 11.4 Å². The van der Waals surface area contributed by atoms with Crippen molar-refractivity contribution in [2.75, 3.05) is 0 Å². The molecule has 0 radical (unpaired) electrons. The molecule has 0 aromatic heterocycles. The van der Waals surface area contributed by atoms with Crippen molar-refractivity contribution in [1.82, 2.24) is 0 Å². The molecule has 0 saturated heterocycles. The Labute approximate surface area is 135 Å². The van der Waals surface area contributed by atoms with E-state index in [2.05, 4.69) is 18.8 Å². The van der Waals surface area contributed by atoms with Crippen LogP contribution in [0.15, 0.2) is 23.2 Å². The van der Waals surface area contributed by atoms with Gasteiger partial charge in [-0.3, -0.25) is 4.99 Å². The summed E-state index contributed by atoms with van der Waals surface area (Å²) >= 11 is 0. The van der Waals surface area contributed by atoms with E-state index < -0.39 is 5.60 Å². The van der Waals surface area contributed by atoms with Crippen LogP contribution in [0.5, 0.6) is 0 Å². The Kier molecular flexibility index (Phi) is 4.81. The summed E-state index contributed by atoms with van der Waals surface area (Å²) in [5.74, 6) is 1.18. The molecule has 0 aliphatic heterocycles. The maximum atomic E-state index is 9.90. The Morgan fingerprint density at radius 1 is 1.32 bits per heavy atom. The third kappa shape index (κ3) is 3.98. The first kappa shape index (κ1) is 17.2. The van der Waals surface area contributed by atoms with Gasteiger partial charge in [0.25, 0.3) is 0 Å². The Bertz CT molecular complexity index is 549. The lowest BCUT2D eigenvalue weighted by atomic mass is 9.46. The van der Waals surface area contributed by atoms with E-state index in [1.165, 1.54) is 5.92 Å². The molecule has 3 saturated carbocycles. The summed E-state index contributed by atoms with van der Waals surface area (Å²) in [6.07, 6.45) is 5.61. The molecule has 1 N–H and O–H groups in total. The fourth-order valence-electron chi connectivity index (χ4n) is 3.36. The standard InChI is InChI=1S/C14H21NO.C6H10/c1-6-11(3)15-13-8-7-12(9-10(13)2)14(4,5)16;1-6-2-5(3-6)4-6/h7-9,16H,6H2,1-5H3;5H,2-4H2,1H3. The maximum Gasteiger partial charge on any atom is 0.0840 e. The summed E-state index contributed by atoms with van der Waals surface area (Å²) in [7, 11) is 0. The van der Waals surface area contributed by atoms with Crippen molar-refractivity contribution in [2.24, 2.45) is 16.3 Å². The van der Waals surface area contributed by atoms with Crippen molar-refractivity contribution in [3.05, 3.63) is 29.3 Å². The van der Waals surface area contributed by atoms with Crippen LogP contribution in [0.1, 0.15) is 71.4 Å². The molecule has 1 aromatic carbocycles. The van der Waals surface area contributed by atoms with E-state index in [0.717, 1.165) is 34.4 Å². The van der Waals surface area contributed by atoms with Crippen molar-refractivity contribution < 1.29 is 5.11 Å². The highest BCUT2D eigenvalue weighted by molar-refractivity contribution is 5.84. The van der Waals surface area contributed by atoms with Gasteiger partial charge in [0, 0.05) is 5.71 Å². The Morgan fingerprint density at radius 3 is 2.18 bits per heavy atom. The molecular formula is C20H31NO. The first-order chi connectivity index (χ1) is 10.1. The van der Waals surface area contributed by atoms with Gasteiger partial charge in [-0.2, -0.15) is 0 Å². The third-order valence-corrected chi connectivity index (χ3v) is 5.07. The molecule has 2 bridgehead atoms. The van der Waals surface area contributed by atoms with E-state index in [1.807, 2.05) is 32.0 Å². The molecule has 0 spiro atoms. The third-order valence-electron chi connectivity index (χ3n) is 5.07. The van der Waals surface area contributed by atoms with Gasteiger partial charge in [0.15, 0.2) is 0 Å². The predicted molar refractivity (Wildman–Crippen MR) is 94.9 cm³/mol. The zero-order chi connectivity index (χ0) is 16.5. The molecular weight excluding hydrogens is 270 g/mol. The molecule has 0 amide bonds. The molecule has 0 atom stereocenters. The fraction of sp³-hybridized carbons (Fsp3) is 0.650. The lowest BCUT2D eigenvalue weighted by molar-refractivity contribution is -0.0882. The zero-order valence-corrected chi connectivity index (χ0v) is 15.0. The van der Waals surface area contributed by atoms with Gasteiger partial charge in [0.2, 0.25) is 0 Å². The van der Waals surface area contributed by atoms with Crippen LogP contribution in [0, 0.1) is 18.3 Å². The maximum absolute atomic E-state index is 9.90. The number of nitrogens with zero attached hydrogens (tertiary/aromatic N) is 1. The number of aliphatic imine (C=N–C) groups is 1. The van der Waals surface area contributed by atoms with Gasteiger partial charge in [-0.25, -0.2) is 0 Å². The molecule has 0 unspecified atom stereocenters. The van der Waals surface area contributed by atoms with Gasteiger partial charge in [0.05, 0.1) is 11.3 Å². The normalized spacial score (nSPS) is 26.5. The van der Waals surface area contributed by atoms with Crippen LogP contribution in [0.4, 0.5) is 5.69 Å². The zero-order valence-electron chi connectivity index (χ0n) is 15.0. The van der Waals surface area contributed by atoms with Gasteiger partial charge in [0.1, 0.15) is 0 Å². The van der Waals surface area contributed by atoms with Crippen LogP contribution in [0.25, 0.3) is 0 Å². The predicted octanol–water partition coefficient (Wildman–Crippen LogP) is 5.53. The Morgan fingerprint density at radius 2 is 1.86 bits per heavy atom. The average molecular weight is 301 g/mol. The van der Waals surface area contributed by atoms with Crippen LogP contribution < -0.4 is 0 Å². The Balaban J connectivity index is 0.000000238. The molecule has 1 aromatic rings. The van der Waals surface area contributed by atoms with Gasteiger partial charge >= 0.3 is 0 Å². The fourth-order valence-corrected chi connectivity index (χ4v) is 3.36. The van der Waals surface area contributed by atoms with E-state index in [0.29, 0.717) is 0 Å². The highest BCUT2D eigenvalue weighted by Crippen LogP contribution is 2.63. The van der Waals surface area contributed by atoms with Crippen LogP contribution in [0.3, 0.4) is 0 Å². The van der Waals surface area contributed by atoms with Crippen LogP contribution in [-0.4, -0.2) is 10.8 Å². The molecule has 122 valence electrons. The second-order valence-corrected chi connectivity index (χ2v) is 8.05. The SMILES string of the molecule is CC12CC(C1)C2.CCC(C)=Nc1ccc(C(C)(C)O)cc1C. The highest BCUT2D eigenvalue weighted by Gasteiger charge is 2.52.